The molecule has 0 spiro atoms. The van der Waals surface area contributed by atoms with Gasteiger partial charge in [0.15, 0.2) is 10.8 Å². The number of halogens is 3. The Morgan fingerprint density at radius 2 is 2.16 bits per heavy atom. The Kier molecular flexibility index (Phi) is 3.61. The van der Waals surface area contributed by atoms with Gasteiger partial charge in [0.2, 0.25) is 5.56 Å². The van der Waals surface area contributed by atoms with E-state index >= 15 is 0 Å². The van der Waals surface area contributed by atoms with Crippen LogP contribution in [0.1, 0.15) is 17.0 Å². The maximum atomic E-state index is 12.3. The summed E-state index contributed by atoms with van der Waals surface area (Å²) in [4.78, 5) is 17.2. The van der Waals surface area contributed by atoms with Crippen molar-refractivity contribution in [3.05, 3.63) is 44.8 Å². The topological polar surface area (TPSA) is 57.8 Å². The minimum Gasteiger partial charge on any atom is -0.357 e. The number of hydrogen-bond donors (Lipinski definition) is 2. The largest absolute Gasteiger partial charge is 0.434 e. The molecule has 19 heavy (non-hydrogen) atoms. The normalized spacial score (nSPS) is 11.6. The van der Waals surface area contributed by atoms with Gasteiger partial charge in [-0.05, 0) is 18.6 Å². The third-order valence-electron chi connectivity index (χ3n) is 2.28. The first-order valence-corrected chi connectivity index (χ1v) is 6.19. The molecule has 0 fully saturated rings. The van der Waals surface area contributed by atoms with Crippen LogP contribution in [0.2, 0.25) is 0 Å². The lowest BCUT2D eigenvalue weighted by atomic mass is 10.2. The van der Waals surface area contributed by atoms with Gasteiger partial charge in [-0.2, -0.15) is 13.2 Å². The molecule has 102 valence electrons. The van der Waals surface area contributed by atoms with E-state index in [9.17, 15) is 18.0 Å². The number of pyridine rings is 1. The Morgan fingerprint density at radius 1 is 1.42 bits per heavy atom. The van der Waals surface area contributed by atoms with Crippen molar-refractivity contribution in [2.75, 3.05) is 5.32 Å². The summed E-state index contributed by atoms with van der Waals surface area (Å²) in [6.07, 6.45) is -4.43. The van der Waals surface area contributed by atoms with Gasteiger partial charge < -0.3 is 10.3 Å². The minimum absolute atomic E-state index is 0.172. The summed E-state index contributed by atoms with van der Waals surface area (Å²) in [5.74, 6) is 0. The average Bonchev–Trinajstić information content (AvgIpc) is 2.73. The molecular weight excluding hydrogens is 279 g/mol. The molecule has 8 heteroatoms. The van der Waals surface area contributed by atoms with E-state index in [0.717, 1.165) is 16.7 Å². The number of thiazole rings is 1. The molecule has 0 amide bonds. The van der Waals surface area contributed by atoms with Gasteiger partial charge in [-0.3, -0.25) is 4.79 Å². The lowest BCUT2D eigenvalue weighted by Gasteiger charge is -2.04. The van der Waals surface area contributed by atoms with E-state index in [0.29, 0.717) is 11.3 Å². The molecule has 0 aliphatic heterocycles. The fourth-order valence-electron chi connectivity index (χ4n) is 1.52. The highest BCUT2D eigenvalue weighted by Gasteiger charge is 2.33. The summed E-state index contributed by atoms with van der Waals surface area (Å²) in [6, 6.07) is 3.13. The van der Waals surface area contributed by atoms with Crippen molar-refractivity contribution in [2.24, 2.45) is 0 Å². The second kappa shape index (κ2) is 5.04. The summed E-state index contributed by atoms with van der Waals surface area (Å²) in [5, 5.41) is 3.88. The Hall–Kier alpha value is -1.83. The number of aromatic amines is 1. The first kappa shape index (κ1) is 13.6. The second-order valence-electron chi connectivity index (χ2n) is 3.93. The van der Waals surface area contributed by atoms with Gasteiger partial charge in [0.05, 0.1) is 0 Å². The lowest BCUT2D eigenvalue weighted by molar-refractivity contribution is -0.140. The van der Waals surface area contributed by atoms with Crippen LogP contribution in [0.15, 0.2) is 22.3 Å². The smallest absolute Gasteiger partial charge is 0.357 e. The molecule has 0 unspecified atom stereocenters. The molecule has 2 aromatic heterocycles. The number of rotatable bonds is 3. The van der Waals surface area contributed by atoms with Gasteiger partial charge in [0, 0.05) is 23.7 Å². The van der Waals surface area contributed by atoms with E-state index in [1.165, 1.54) is 6.07 Å². The van der Waals surface area contributed by atoms with Gasteiger partial charge >= 0.3 is 6.18 Å². The van der Waals surface area contributed by atoms with Gasteiger partial charge in [-0.15, -0.1) is 11.3 Å². The standard InChI is InChI=1S/C11H10F3N3OS/c1-6-2-7(3-9(18)16-6)4-15-10-17-8(5-19-10)11(12,13)14/h2-3,5H,4H2,1H3,(H,15,17)(H,16,18). The highest BCUT2D eigenvalue weighted by Crippen LogP contribution is 2.31. The van der Waals surface area contributed by atoms with Crippen molar-refractivity contribution in [1.29, 1.82) is 0 Å². The fourth-order valence-corrected chi connectivity index (χ4v) is 2.24. The lowest BCUT2D eigenvalue weighted by Crippen LogP contribution is -2.10. The summed E-state index contributed by atoms with van der Waals surface area (Å²) >= 11 is 0.876. The van der Waals surface area contributed by atoms with Crippen molar-refractivity contribution < 1.29 is 13.2 Å². The van der Waals surface area contributed by atoms with Gasteiger partial charge in [-0.25, -0.2) is 4.98 Å². The Balaban J connectivity index is 2.06. The molecule has 0 aliphatic rings. The van der Waals surface area contributed by atoms with E-state index in [-0.39, 0.29) is 17.2 Å². The summed E-state index contributed by atoms with van der Waals surface area (Å²) in [6.45, 7) is 1.98. The summed E-state index contributed by atoms with van der Waals surface area (Å²) < 4.78 is 37.0. The summed E-state index contributed by atoms with van der Waals surface area (Å²) in [7, 11) is 0. The van der Waals surface area contributed by atoms with E-state index in [2.05, 4.69) is 15.3 Å². The van der Waals surface area contributed by atoms with Crippen LogP contribution in [0.5, 0.6) is 0 Å². The zero-order valence-corrected chi connectivity index (χ0v) is 10.7. The SMILES string of the molecule is Cc1cc(CNc2nc(C(F)(F)F)cs2)cc(=O)[nH]1. The first-order valence-electron chi connectivity index (χ1n) is 5.31. The van der Waals surface area contributed by atoms with E-state index in [1.807, 2.05) is 0 Å². The molecule has 0 saturated heterocycles. The highest BCUT2D eigenvalue weighted by molar-refractivity contribution is 7.13. The van der Waals surface area contributed by atoms with Crippen molar-refractivity contribution in [3.63, 3.8) is 0 Å². The molecule has 0 atom stereocenters. The van der Waals surface area contributed by atoms with Crippen molar-refractivity contribution >= 4 is 16.5 Å². The predicted octanol–water partition coefficient (Wildman–Crippen LogP) is 2.77. The zero-order chi connectivity index (χ0) is 14.0. The van der Waals surface area contributed by atoms with Crippen molar-refractivity contribution in [2.45, 2.75) is 19.6 Å². The molecule has 2 N–H and O–H groups in total. The van der Waals surface area contributed by atoms with Crippen LogP contribution in [-0.2, 0) is 12.7 Å². The molecule has 0 bridgehead atoms. The van der Waals surface area contributed by atoms with Crippen LogP contribution in [0.25, 0.3) is 0 Å². The number of nitrogens with one attached hydrogen (secondary N) is 2. The molecule has 0 saturated carbocycles. The number of hydrogen-bond acceptors (Lipinski definition) is 4. The molecule has 0 aromatic carbocycles. The third-order valence-corrected chi connectivity index (χ3v) is 3.08. The first-order chi connectivity index (χ1) is 8.84. The summed E-state index contributed by atoms with van der Waals surface area (Å²) in [5.41, 5.74) is 0.221. The van der Waals surface area contributed by atoms with E-state index in [1.54, 1.807) is 13.0 Å². The average molecular weight is 289 g/mol. The molecule has 2 heterocycles. The van der Waals surface area contributed by atoms with Crippen LogP contribution in [0.4, 0.5) is 18.3 Å². The number of aromatic nitrogens is 2. The molecule has 0 aliphatic carbocycles. The van der Waals surface area contributed by atoms with Crippen LogP contribution in [0.3, 0.4) is 0 Å². The second-order valence-corrected chi connectivity index (χ2v) is 4.78. The van der Waals surface area contributed by atoms with Gasteiger partial charge in [0.1, 0.15) is 0 Å². The fraction of sp³-hybridized carbons (Fsp3) is 0.273. The number of H-pyrrole nitrogens is 1. The van der Waals surface area contributed by atoms with E-state index < -0.39 is 11.9 Å². The predicted molar refractivity (Wildman–Crippen MR) is 66.2 cm³/mol. The molecule has 2 aromatic rings. The Bertz CT molecular complexity index is 633. The van der Waals surface area contributed by atoms with Gasteiger partial charge in [0.25, 0.3) is 0 Å². The maximum Gasteiger partial charge on any atom is 0.434 e. The molecule has 0 radical (unpaired) electrons. The quantitative estimate of drug-likeness (QED) is 0.913. The van der Waals surface area contributed by atoms with E-state index in [4.69, 9.17) is 0 Å². The van der Waals surface area contributed by atoms with Crippen LogP contribution in [0, 0.1) is 6.92 Å². The van der Waals surface area contributed by atoms with Gasteiger partial charge in [-0.1, -0.05) is 0 Å². The minimum atomic E-state index is -4.43. The molecule has 4 nitrogen and oxygen atoms in total. The number of anilines is 1. The number of nitrogens with zero attached hydrogens (tertiary/aromatic N) is 1. The van der Waals surface area contributed by atoms with Crippen LogP contribution >= 0.6 is 11.3 Å². The highest BCUT2D eigenvalue weighted by atomic mass is 32.1. The number of alkyl halides is 3. The van der Waals surface area contributed by atoms with Crippen molar-refractivity contribution in [1.82, 2.24) is 9.97 Å². The van der Waals surface area contributed by atoms with Crippen molar-refractivity contribution in [3.8, 4) is 0 Å². The Morgan fingerprint density at radius 3 is 2.74 bits per heavy atom. The Labute approximate surface area is 110 Å². The van der Waals surface area contributed by atoms with Crippen LogP contribution in [-0.4, -0.2) is 9.97 Å². The third kappa shape index (κ3) is 3.57. The number of aryl methyl sites for hydroxylation is 1. The van der Waals surface area contributed by atoms with Crippen LogP contribution < -0.4 is 10.9 Å². The monoisotopic (exact) mass is 289 g/mol. The zero-order valence-electron chi connectivity index (χ0n) is 9.84. The molecule has 2 rings (SSSR count). The molecular formula is C11H10F3N3OS. The maximum absolute atomic E-state index is 12.3.